The Kier molecular flexibility index (Phi) is 5.64. The lowest BCUT2D eigenvalue weighted by atomic mass is 9.64. The molecule has 5 heteroatoms. The number of amides is 1. The first-order chi connectivity index (χ1) is 12.2. The van der Waals surface area contributed by atoms with Crippen LogP contribution in [-0.4, -0.2) is 12.5 Å². The summed E-state index contributed by atoms with van der Waals surface area (Å²) in [5, 5.41) is 6.13. The van der Waals surface area contributed by atoms with E-state index >= 15 is 0 Å². The molecule has 0 saturated heterocycles. The molecule has 138 valence electrons. The fourth-order valence-corrected chi connectivity index (χ4v) is 3.96. The van der Waals surface area contributed by atoms with Crippen LogP contribution in [0.25, 0.3) is 0 Å². The molecule has 1 aliphatic heterocycles. The molecule has 0 bridgehead atoms. The molecule has 0 spiro atoms. The molecule has 2 aromatic rings. The third-order valence-corrected chi connectivity index (χ3v) is 5.63. The maximum Gasteiger partial charge on any atom is 0.231 e. The summed E-state index contributed by atoms with van der Waals surface area (Å²) in [5.41, 5.74) is 2.82. The Hall–Kier alpha value is -1.91. The van der Waals surface area contributed by atoms with Crippen molar-refractivity contribution in [2.75, 3.05) is 11.9 Å². The minimum atomic E-state index is -0.398. The summed E-state index contributed by atoms with van der Waals surface area (Å²) in [7, 11) is 0. The molecule has 2 N–H and O–H groups in total. The van der Waals surface area contributed by atoms with Crippen LogP contribution >= 0.6 is 12.4 Å². The topological polar surface area (TPSA) is 41.1 Å². The molecule has 0 atom stereocenters. The number of anilines is 1. The van der Waals surface area contributed by atoms with E-state index in [1.54, 1.807) is 6.07 Å². The minimum Gasteiger partial charge on any atom is -0.323 e. The molecule has 4 rings (SSSR count). The van der Waals surface area contributed by atoms with E-state index in [9.17, 15) is 9.18 Å². The number of nitrogens with one attached hydrogen (secondary N) is 2. The Morgan fingerprint density at radius 3 is 2.62 bits per heavy atom. The fraction of sp³-hybridized carbons (Fsp3) is 0.381. The maximum absolute atomic E-state index is 14.8. The van der Waals surface area contributed by atoms with E-state index in [1.807, 2.05) is 24.3 Å². The molecule has 1 saturated carbocycles. The molecule has 0 radical (unpaired) electrons. The van der Waals surface area contributed by atoms with Crippen molar-refractivity contribution in [3.8, 4) is 0 Å². The van der Waals surface area contributed by atoms with Gasteiger partial charge in [0.15, 0.2) is 0 Å². The van der Waals surface area contributed by atoms with Gasteiger partial charge in [0.25, 0.3) is 0 Å². The van der Waals surface area contributed by atoms with Crippen molar-refractivity contribution in [3.63, 3.8) is 0 Å². The summed E-state index contributed by atoms with van der Waals surface area (Å²) in [4.78, 5) is 13.0. The van der Waals surface area contributed by atoms with Crippen LogP contribution in [0.2, 0.25) is 0 Å². The smallest absolute Gasteiger partial charge is 0.231 e. The zero-order valence-electron chi connectivity index (χ0n) is 14.7. The first-order valence-corrected chi connectivity index (χ1v) is 9.04. The number of benzene rings is 2. The number of halogens is 2. The number of carbonyl (C=O) groups is 1. The van der Waals surface area contributed by atoms with Crippen LogP contribution in [0.3, 0.4) is 0 Å². The van der Waals surface area contributed by atoms with Crippen molar-refractivity contribution in [1.29, 1.82) is 0 Å². The highest BCUT2D eigenvalue weighted by atomic mass is 35.5. The molecule has 0 unspecified atom stereocenters. The Bertz CT molecular complexity index is 790. The van der Waals surface area contributed by atoms with Gasteiger partial charge >= 0.3 is 0 Å². The summed E-state index contributed by atoms with van der Waals surface area (Å²) < 4.78 is 14.8. The highest BCUT2D eigenvalue weighted by Gasteiger charge is 2.44. The van der Waals surface area contributed by atoms with Gasteiger partial charge in [-0.15, -0.1) is 12.4 Å². The van der Waals surface area contributed by atoms with Gasteiger partial charge in [0.2, 0.25) is 5.91 Å². The maximum atomic E-state index is 14.8. The standard InChI is InChI=1S/C21H23FN2O.ClH/c22-19-17-9-12-23-14-16(17)7-8-18(19)24-20(25)21(10-4-11-21)13-15-5-2-1-3-6-15;/h1-3,5-8,23H,4,9-14H2,(H,24,25);1H. The van der Waals surface area contributed by atoms with Gasteiger partial charge in [0.05, 0.1) is 11.1 Å². The summed E-state index contributed by atoms with van der Waals surface area (Å²) in [6, 6.07) is 13.7. The molecular formula is C21H24ClFN2O. The monoisotopic (exact) mass is 374 g/mol. The van der Waals surface area contributed by atoms with Crippen molar-refractivity contribution in [2.24, 2.45) is 5.41 Å². The first kappa shape index (κ1) is 18.9. The SMILES string of the molecule is Cl.O=C(Nc1ccc2c(c1F)CCNC2)C1(Cc2ccccc2)CCC1. The lowest BCUT2D eigenvalue weighted by Gasteiger charge is -2.40. The van der Waals surface area contributed by atoms with Gasteiger partial charge in [0.1, 0.15) is 5.82 Å². The van der Waals surface area contributed by atoms with Gasteiger partial charge < -0.3 is 10.6 Å². The molecule has 0 aromatic heterocycles. The van der Waals surface area contributed by atoms with Gasteiger partial charge in [-0.05, 0) is 55.0 Å². The quantitative estimate of drug-likeness (QED) is 0.840. The van der Waals surface area contributed by atoms with Crippen LogP contribution < -0.4 is 10.6 Å². The van der Waals surface area contributed by atoms with Gasteiger partial charge in [-0.2, -0.15) is 0 Å². The van der Waals surface area contributed by atoms with Crippen molar-refractivity contribution >= 4 is 24.0 Å². The average molecular weight is 375 g/mol. The second-order valence-corrected chi connectivity index (χ2v) is 7.24. The molecule has 1 amide bonds. The predicted molar refractivity (Wildman–Crippen MR) is 104 cm³/mol. The van der Waals surface area contributed by atoms with Gasteiger partial charge in [0, 0.05) is 6.54 Å². The molecule has 2 aromatic carbocycles. The van der Waals surface area contributed by atoms with Gasteiger partial charge in [-0.3, -0.25) is 4.79 Å². The third-order valence-electron chi connectivity index (χ3n) is 5.63. The number of fused-ring (bicyclic) bond motifs is 1. The highest BCUT2D eigenvalue weighted by molar-refractivity contribution is 5.96. The van der Waals surface area contributed by atoms with Crippen LogP contribution in [0.1, 0.15) is 36.0 Å². The Labute approximate surface area is 159 Å². The number of rotatable bonds is 4. The second kappa shape index (κ2) is 7.77. The molecule has 1 aliphatic carbocycles. The molecule has 1 fully saturated rings. The van der Waals surface area contributed by atoms with Gasteiger partial charge in [-0.1, -0.05) is 42.8 Å². The van der Waals surface area contributed by atoms with Crippen LogP contribution in [0.15, 0.2) is 42.5 Å². The Morgan fingerprint density at radius 1 is 1.15 bits per heavy atom. The summed E-state index contributed by atoms with van der Waals surface area (Å²) in [5.74, 6) is -0.308. The largest absolute Gasteiger partial charge is 0.323 e. The third kappa shape index (κ3) is 3.49. The van der Waals surface area contributed by atoms with E-state index in [4.69, 9.17) is 0 Å². The molecular weight excluding hydrogens is 351 g/mol. The number of carbonyl (C=O) groups excluding carboxylic acids is 1. The van der Waals surface area contributed by atoms with E-state index in [0.29, 0.717) is 18.7 Å². The lowest BCUT2D eigenvalue weighted by molar-refractivity contribution is -0.130. The van der Waals surface area contributed by atoms with Crippen LogP contribution in [0.5, 0.6) is 0 Å². The first-order valence-electron chi connectivity index (χ1n) is 9.04. The van der Waals surface area contributed by atoms with Crippen molar-refractivity contribution < 1.29 is 9.18 Å². The van der Waals surface area contributed by atoms with E-state index < -0.39 is 5.41 Å². The van der Waals surface area contributed by atoms with Crippen molar-refractivity contribution in [1.82, 2.24) is 5.32 Å². The number of hydrogen-bond donors (Lipinski definition) is 2. The fourth-order valence-electron chi connectivity index (χ4n) is 3.96. The normalized spacial score (nSPS) is 17.4. The highest BCUT2D eigenvalue weighted by Crippen LogP contribution is 2.45. The molecule has 3 nitrogen and oxygen atoms in total. The Balaban J connectivity index is 0.00000196. The van der Waals surface area contributed by atoms with E-state index in [-0.39, 0.29) is 24.1 Å². The number of hydrogen-bond acceptors (Lipinski definition) is 2. The summed E-state index contributed by atoms with van der Waals surface area (Å²) in [6.45, 7) is 1.47. The van der Waals surface area contributed by atoms with Crippen LogP contribution in [-0.2, 0) is 24.2 Å². The van der Waals surface area contributed by atoms with E-state index in [1.165, 1.54) is 0 Å². The zero-order chi connectivity index (χ0) is 17.3. The Morgan fingerprint density at radius 2 is 1.92 bits per heavy atom. The second-order valence-electron chi connectivity index (χ2n) is 7.24. The van der Waals surface area contributed by atoms with Gasteiger partial charge in [-0.25, -0.2) is 4.39 Å². The molecule has 1 heterocycles. The molecule has 26 heavy (non-hydrogen) atoms. The van der Waals surface area contributed by atoms with Crippen LogP contribution in [0, 0.1) is 11.2 Å². The zero-order valence-corrected chi connectivity index (χ0v) is 15.5. The lowest BCUT2D eigenvalue weighted by Crippen LogP contribution is -2.44. The summed E-state index contributed by atoms with van der Waals surface area (Å²) in [6.07, 6.45) is 4.17. The van der Waals surface area contributed by atoms with Crippen molar-refractivity contribution in [3.05, 3.63) is 65.0 Å². The minimum absolute atomic E-state index is 0. The van der Waals surface area contributed by atoms with E-state index in [2.05, 4.69) is 22.8 Å². The summed E-state index contributed by atoms with van der Waals surface area (Å²) >= 11 is 0. The molecule has 2 aliphatic rings. The average Bonchev–Trinajstić information content (AvgIpc) is 2.61. The predicted octanol–water partition coefficient (Wildman–Crippen LogP) is 4.24. The van der Waals surface area contributed by atoms with Crippen molar-refractivity contribution in [2.45, 2.75) is 38.6 Å². The van der Waals surface area contributed by atoms with Crippen LogP contribution in [0.4, 0.5) is 10.1 Å². The van der Waals surface area contributed by atoms with E-state index in [0.717, 1.165) is 48.9 Å².